The Morgan fingerprint density at radius 3 is 2.78 bits per heavy atom. The van der Waals surface area contributed by atoms with Crippen LogP contribution in [0.25, 0.3) is 0 Å². The summed E-state index contributed by atoms with van der Waals surface area (Å²) in [7, 11) is 1.44. The molecule has 3 rings (SSSR count). The summed E-state index contributed by atoms with van der Waals surface area (Å²) in [5.74, 6) is 0.360. The lowest BCUT2D eigenvalue weighted by Gasteiger charge is -2.31. The minimum Gasteiger partial charge on any atom is -0.504 e. The Morgan fingerprint density at radius 2 is 2.07 bits per heavy atom. The van der Waals surface area contributed by atoms with Gasteiger partial charge < -0.3 is 25.2 Å². The molecule has 0 unspecified atom stereocenters. The molecule has 1 aromatic rings. The van der Waals surface area contributed by atoms with Crippen molar-refractivity contribution in [1.29, 1.82) is 0 Å². The predicted molar refractivity (Wildman–Crippen MR) is 99.3 cm³/mol. The van der Waals surface area contributed by atoms with Gasteiger partial charge in [0.2, 0.25) is 0 Å². The van der Waals surface area contributed by atoms with Crippen LogP contribution in [0.1, 0.15) is 51.1 Å². The minimum atomic E-state index is -0.679. The van der Waals surface area contributed by atoms with E-state index in [1.54, 1.807) is 19.1 Å². The van der Waals surface area contributed by atoms with Crippen LogP contribution in [0.3, 0.4) is 0 Å². The van der Waals surface area contributed by atoms with E-state index in [0.29, 0.717) is 22.8 Å². The van der Waals surface area contributed by atoms with Gasteiger partial charge in [0.05, 0.1) is 18.7 Å². The maximum atomic E-state index is 12.9. The molecule has 7 heteroatoms. The Kier molecular flexibility index (Phi) is 5.58. The number of urea groups is 1. The van der Waals surface area contributed by atoms with Crippen LogP contribution in [0.4, 0.5) is 4.79 Å². The van der Waals surface area contributed by atoms with E-state index in [2.05, 4.69) is 17.6 Å². The Morgan fingerprint density at radius 1 is 1.30 bits per heavy atom. The highest BCUT2D eigenvalue weighted by Crippen LogP contribution is 2.34. The van der Waals surface area contributed by atoms with E-state index >= 15 is 0 Å². The van der Waals surface area contributed by atoms with E-state index in [-0.39, 0.29) is 17.6 Å². The summed E-state index contributed by atoms with van der Waals surface area (Å²) in [6.07, 6.45) is 3.82. The van der Waals surface area contributed by atoms with Crippen molar-refractivity contribution in [2.45, 2.75) is 51.7 Å². The highest BCUT2D eigenvalue weighted by molar-refractivity contribution is 5.95. The first-order valence-electron chi connectivity index (χ1n) is 9.25. The molecule has 2 amide bonds. The fourth-order valence-electron chi connectivity index (χ4n) is 3.79. The predicted octanol–water partition coefficient (Wildman–Crippen LogP) is 3.15. The molecule has 0 radical (unpaired) electrons. The third-order valence-electron chi connectivity index (χ3n) is 5.19. The van der Waals surface area contributed by atoms with Gasteiger partial charge in [0.15, 0.2) is 11.5 Å². The zero-order valence-electron chi connectivity index (χ0n) is 15.9. The first-order valence-corrected chi connectivity index (χ1v) is 9.25. The number of allylic oxidation sites excluding steroid dienone is 1. The fraction of sp³-hybridized carbons (Fsp3) is 0.500. The van der Waals surface area contributed by atoms with Gasteiger partial charge in [0.25, 0.3) is 0 Å². The number of ether oxygens (including phenoxy) is 2. The van der Waals surface area contributed by atoms with E-state index in [9.17, 15) is 14.7 Å². The van der Waals surface area contributed by atoms with Gasteiger partial charge in [0.1, 0.15) is 6.10 Å². The summed E-state index contributed by atoms with van der Waals surface area (Å²) in [6.45, 7) is 3.85. The van der Waals surface area contributed by atoms with Crippen LogP contribution < -0.4 is 15.4 Å². The second-order valence-corrected chi connectivity index (χ2v) is 7.30. The molecule has 1 saturated carbocycles. The molecule has 3 N–H and O–H groups in total. The third-order valence-corrected chi connectivity index (χ3v) is 5.19. The molecule has 3 atom stereocenters. The monoisotopic (exact) mass is 374 g/mol. The first kappa shape index (κ1) is 19.1. The summed E-state index contributed by atoms with van der Waals surface area (Å²) in [4.78, 5) is 24.9. The number of methoxy groups -OCH3 is 1. The van der Waals surface area contributed by atoms with Crippen molar-refractivity contribution in [3.8, 4) is 11.5 Å². The van der Waals surface area contributed by atoms with Gasteiger partial charge in [-0.05, 0) is 49.8 Å². The average molecular weight is 374 g/mol. The summed E-state index contributed by atoms with van der Waals surface area (Å²) < 4.78 is 10.9. The van der Waals surface area contributed by atoms with Crippen molar-refractivity contribution < 1.29 is 24.2 Å². The normalized spacial score (nSPS) is 25.4. The van der Waals surface area contributed by atoms with Crippen molar-refractivity contribution >= 4 is 12.0 Å². The van der Waals surface area contributed by atoms with Crippen molar-refractivity contribution in [1.82, 2.24) is 10.6 Å². The maximum Gasteiger partial charge on any atom is 0.338 e. The Hall–Kier alpha value is -2.70. The second-order valence-electron chi connectivity index (χ2n) is 7.30. The number of phenolic OH excluding ortho intramolecular Hbond substituents is 1. The highest BCUT2D eigenvalue weighted by Gasteiger charge is 2.34. The van der Waals surface area contributed by atoms with Crippen molar-refractivity contribution in [3.05, 3.63) is 35.0 Å². The molecule has 1 fully saturated rings. The molecule has 1 aromatic carbocycles. The lowest BCUT2D eigenvalue weighted by molar-refractivity contribution is -0.146. The van der Waals surface area contributed by atoms with E-state index in [4.69, 9.17) is 9.47 Å². The lowest BCUT2D eigenvalue weighted by Crippen LogP contribution is -2.45. The zero-order valence-corrected chi connectivity index (χ0v) is 15.9. The number of nitrogens with one attached hydrogen (secondary N) is 2. The molecule has 146 valence electrons. The van der Waals surface area contributed by atoms with Gasteiger partial charge in [-0.25, -0.2) is 9.59 Å². The topological polar surface area (TPSA) is 96.9 Å². The van der Waals surface area contributed by atoms with Crippen LogP contribution in [0.5, 0.6) is 11.5 Å². The Labute approximate surface area is 158 Å². The summed E-state index contributed by atoms with van der Waals surface area (Å²) >= 11 is 0. The molecule has 0 aromatic heterocycles. The maximum absolute atomic E-state index is 12.9. The van der Waals surface area contributed by atoms with Crippen LogP contribution in [0.2, 0.25) is 0 Å². The molecule has 1 aliphatic carbocycles. The molecule has 1 aliphatic heterocycles. The van der Waals surface area contributed by atoms with Gasteiger partial charge in [-0.3, -0.25) is 0 Å². The number of hydrogen-bond acceptors (Lipinski definition) is 5. The highest BCUT2D eigenvalue weighted by atomic mass is 16.5. The molecule has 0 bridgehead atoms. The van der Waals surface area contributed by atoms with Gasteiger partial charge in [-0.2, -0.15) is 0 Å². The van der Waals surface area contributed by atoms with E-state index in [1.165, 1.54) is 13.2 Å². The Balaban J connectivity index is 1.88. The number of carbonyl (C=O) groups excluding carboxylic acids is 2. The fourth-order valence-corrected chi connectivity index (χ4v) is 3.79. The number of esters is 1. The summed E-state index contributed by atoms with van der Waals surface area (Å²) in [5, 5.41) is 15.2. The van der Waals surface area contributed by atoms with Crippen molar-refractivity contribution in [3.63, 3.8) is 0 Å². The first-order chi connectivity index (χ1) is 12.9. The van der Waals surface area contributed by atoms with Crippen LogP contribution in [-0.4, -0.2) is 30.3 Å². The number of benzene rings is 1. The average Bonchev–Trinajstić information content (AvgIpc) is 2.61. The van der Waals surface area contributed by atoms with Crippen LogP contribution >= 0.6 is 0 Å². The van der Waals surface area contributed by atoms with Crippen LogP contribution in [0, 0.1) is 5.92 Å². The molecule has 7 nitrogen and oxygen atoms in total. The number of phenols is 1. The Bertz CT molecular complexity index is 774. The zero-order chi connectivity index (χ0) is 19.6. The minimum absolute atomic E-state index is 0.0115. The molecule has 1 heterocycles. The number of hydrogen-bond donors (Lipinski definition) is 3. The van der Waals surface area contributed by atoms with E-state index in [1.807, 2.05) is 0 Å². The molecular formula is C20H26N2O5. The third kappa shape index (κ3) is 4.18. The van der Waals surface area contributed by atoms with E-state index < -0.39 is 18.0 Å². The SMILES string of the molecule is COc1cc([C@@H]2NC(=O)NC(C)=C2C(=O)O[C@@H]2CCC[C@H](C)C2)ccc1O. The smallest absolute Gasteiger partial charge is 0.338 e. The van der Waals surface area contributed by atoms with Gasteiger partial charge in [0, 0.05) is 5.70 Å². The van der Waals surface area contributed by atoms with Gasteiger partial charge in [-0.15, -0.1) is 0 Å². The molecule has 0 spiro atoms. The van der Waals surface area contributed by atoms with Crippen molar-refractivity contribution in [2.75, 3.05) is 7.11 Å². The number of rotatable bonds is 4. The second kappa shape index (κ2) is 7.90. The molecule has 27 heavy (non-hydrogen) atoms. The van der Waals surface area contributed by atoms with Crippen molar-refractivity contribution in [2.24, 2.45) is 5.92 Å². The number of carbonyl (C=O) groups is 2. The van der Waals surface area contributed by atoms with Crippen LogP contribution in [-0.2, 0) is 9.53 Å². The lowest BCUT2D eigenvalue weighted by atomic mass is 9.88. The molecular weight excluding hydrogens is 348 g/mol. The summed E-state index contributed by atoms with van der Waals surface area (Å²) in [5.41, 5.74) is 1.45. The number of amides is 2. The quantitative estimate of drug-likeness (QED) is 0.704. The number of aromatic hydroxyl groups is 1. The largest absolute Gasteiger partial charge is 0.504 e. The standard InChI is InChI=1S/C20H26N2O5/c1-11-5-4-6-14(9-11)27-19(24)17-12(2)21-20(25)22-18(17)13-7-8-15(23)16(10-13)26-3/h7-8,10-11,14,18,23H,4-6,9H2,1-3H3,(H2,21,22,25)/t11-,14+,18-/m0/s1. The van der Waals surface area contributed by atoms with Gasteiger partial charge >= 0.3 is 12.0 Å². The summed E-state index contributed by atoms with van der Waals surface area (Å²) in [6, 6.07) is 3.66. The van der Waals surface area contributed by atoms with Crippen LogP contribution in [0.15, 0.2) is 29.5 Å². The molecule has 0 saturated heterocycles. The molecule has 2 aliphatic rings. The van der Waals surface area contributed by atoms with E-state index in [0.717, 1.165) is 25.7 Å². The van der Waals surface area contributed by atoms with Gasteiger partial charge in [-0.1, -0.05) is 19.4 Å².